The Bertz CT molecular complexity index is 1220. The van der Waals surface area contributed by atoms with Gasteiger partial charge in [-0.15, -0.1) is 0 Å². The molecular formula is C27H19. The molecule has 0 spiro atoms. The predicted octanol–water partition coefficient (Wildman–Crippen LogP) is 7.05. The van der Waals surface area contributed by atoms with E-state index in [9.17, 15) is 0 Å². The lowest BCUT2D eigenvalue weighted by Crippen LogP contribution is -1.94. The molecule has 0 N–H and O–H groups in total. The molecule has 0 atom stereocenters. The number of hydrogen-bond donors (Lipinski definition) is 0. The van der Waals surface area contributed by atoms with E-state index in [2.05, 4.69) is 97.1 Å². The Morgan fingerprint density at radius 2 is 1.30 bits per heavy atom. The van der Waals surface area contributed by atoms with Gasteiger partial charge in [0.05, 0.1) is 0 Å². The van der Waals surface area contributed by atoms with Crippen LogP contribution in [0, 0.1) is 6.07 Å². The molecule has 0 aliphatic rings. The maximum absolute atomic E-state index is 3.15. The Hall–Kier alpha value is -3.38. The normalized spacial score (nSPS) is 11.1. The second-order valence-corrected chi connectivity index (χ2v) is 6.93. The van der Waals surface area contributed by atoms with Crippen LogP contribution in [0.1, 0.15) is 11.1 Å². The van der Waals surface area contributed by atoms with Crippen LogP contribution in [-0.2, 0) is 6.42 Å². The van der Waals surface area contributed by atoms with E-state index in [-0.39, 0.29) is 0 Å². The van der Waals surface area contributed by atoms with E-state index < -0.39 is 0 Å². The van der Waals surface area contributed by atoms with Crippen molar-refractivity contribution in [1.82, 2.24) is 0 Å². The molecule has 1 radical (unpaired) electrons. The maximum atomic E-state index is 3.15. The second-order valence-electron chi connectivity index (χ2n) is 6.93. The third-order valence-electron chi connectivity index (χ3n) is 5.26. The van der Waals surface area contributed by atoms with Crippen LogP contribution in [0.3, 0.4) is 0 Å². The smallest absolute Gasteiger partial charge is 0.00194 e. The molecular weight excluding hydrogens is 324 g/mol. The van der Waals surface area contributed by atoms with E-state index in [4.69, 9.17) is 0 Å². The van der Waals surface area contributed by atoms with E-state index in [1.54, 1.807) is 0 Å². The highest BCUT2D eigenvalue weighted by atomic mass is 14.2. The van der Waals surface area contributed by atoms with Crippen LogP contribution in [0.5, 0.6) is 0 Å². The van der Waals surface area contributed by atoms with Gasteiger partial charge in [-0.3, -0.25) is 0 Å². The standard InChI is InChI=1S/C27H19/c1-3-9-20(10-4-1)19-23-16-17-25-24-14-8-7-11-21(24)15-18-26(25)27(23)22-12-5-2-6-13-22/h1,3-18H,19H2. The zero-order valence-corrected chi connectivity index (χ0v) is 15.0. The van der Waals surface area contributed by atoms with Crippen molar-refractivity contribution in [2.45, 2.75) is 6.42 Å². The number of rotatable bonds is 3. The third kappa shape index (κ3) is 2.90. The molecule has 0 aromatic heterocycles. The molecule has 5 aromatic rings. The van der Waals surface area contributed by atoms with Crippen molar-refractivity contribution in [2.24, 2.45) is 0 Å². The first-order chi connectivity index (χ1) is 13.4. The summed E-state index contributed by atoms with van der Waals surface area (Å²) in [6.07, 6.45) is 0.928. The van der Waals surface area contributed by atoms with Gasteiger partial charge in [0.1, 0.15) is 0 Å². The maximum Gasteiger partial charge on any atom is -0.00194 e. The first-order valence-electron chi connectivity index (χ1n) is 9.34. The Morgan fingerprint density at radius 1 is 0.556 bits per heavy atom. The van der Waals surface area contributed by atoms with Gasteiger partial charge in [-0.2, -0.15) is 0 Å². The average molecular weight is 343 g/mol. The lowest BCUT2D eigenvalue weighted by molar-refractivity contribution is 1.20. The number of benzene rings is 5. The van der Waals surface area contributed by atoms with Gasteiger partial charge >= 0.3 is 0 Å². The molecule has 27 heavy (non-hydrogen) atoms. The van der Waals surface area contributed by atoms with Crippen molar-refractivity contribution in [1.29, 1.82) is 0 Å². The van der Waals surface area contributed by atoms with E-state index >= 15 is 0 Å². The van der Waals surface area contributed by atoms with Crippen LogP contribution in [0.2, 0.25) is 0 Å². The van der Waals surface area contributed by atoms with Gasteiger partial charge in [0.2, 0.25) is 0 Å². The zero-order valence-electron chi connectivity index (χ0n) is 15.0. The van der Waals surface area contributed by atoms with Crippen LogP contribution in [0.15, 0.2) is 103 Å². The fourth-order valence-corrected chi connectivity index (χ4v) is 3.99. The molecule has 127 valence electrons. The van der Waals surface area contributed by atoms with Gasteiger partial charge < -0.3 is 0 Å². The Balaban J connectivity index is 1.81. The zero-order chi connectivity index (χ0) is 18.1. The third-order valence-corrected chi connectivity index (χ3v) is 5.26. The molecule has 0 bridgehead atoms. The monoisotopic (exact) mass is 343 g/mol. The summed E-state index contributed by atoms with van der Waals surface area (Å²) >= 11 is 0. The Morgan fingerprint density at radius 3 is 2.15 bits per heavy atom. The molecule has 5 rings (SSSR count). The van der Waals surface area contributed by atoms with Crippen molar-refractivity contribution < 1.29 is 0 Å². The van der Waals surface area contributed by atoms with Crippen LogP contribution in [0.25, 0.3) is 32.7 Å². The summed E-state index contributed by atoms with van der Waals surface area (Å²) < 4.78 is 0. The van der Waals surface area contributed by atoms with E-state index in [0.29, 0.717) is 0 Å². The van der Waals surface area contributed by atoms with Crippen molar-refractivity contribution in [3.8, 4) is 11.1 Å². The van der Waals surface area contributed by atoms with E-state index in [1.807, 2.05) is 12.1 Å². The van der Waals surface area contributed by atoms with Crippen molar-refractivity contribution >= 4 is 21.5 Å². The SMILES string of the molecule is [c]1ccc(-c2c(Cc3ccccc3)ccc3c2ccc2ccccc23)cc1. The molecule has 0 heterocycles. The fraction of sp³-hybridized carbons (Fsp3) is 0.0370. The van der Waals surface area contributed by atoms with Crippen LogP contribution < -0.4 is 0 Å². The van der Waals surface area contributed by atoms with Crippen LogP contribution >= 0.6 is 0 Å². The Labute approximate surface area is 159 Å². The quantitative estimate of drug-likeness (QED) is 0.308. The van der Waals surface area contributed by atoms with Gasteiger partial charge in [-0.25, -0.2) is 0 Å². The molecule has 5 aromatic carbocycles. The first kappa shape index (κ1) is 15.8. The number of hydrogen-bond acceptors (Lipinski definition) is 0. The average Bonchev–Trinajstić information content (AvgIpc) is 2.74. The largest absolute Gasteiger partial charge is 0.0622 e. The Kier molecular flexibility index (Phi) is 3.95. The summed E-state index contributed by atoms with van der Waals surface area (Å²) in [7, 11) is 0. The first-order valence-corrected chi connectivity index (χ1v) is 9.34. The topological polar surface area (TPSA) is 0 Å². The van der Waals surface area contributed by atoms with Crippen molar-refractivity contribution in [3.05, 3.63) is 120 Å². The summed E-state index contributed by atoms with van der Waals surface area (Å²) in [5, 5.41) is 5.22. The van der Waals surface area contributed by atoms with Gasteiger partial charge in [0, 0.05) is 0 Å². The molecule has 0 nitrogen and oxygen atoms in total. The van der Waals surface area contributed by atoms with Crippen molar-refractivity contribution in [3.63, 3.8) is 0 Å². The molecule has 0 fully saturated rings. The van der Waals surface area contributed by atoms with Crippen LogP contribution in [-0.4, -0.2) is 0 Å². The highest BCUT2D eigenvalue weighted by molar-refractivity contribution is 6.12. The van der Waals surface area contributed by atoms with Gasteiger partial charge in [0.25, 0.3) is 0 Å². The summed E-state index contributed by atoms with van der Waals surface area (Å²) in [6.45, 7) is 0. The molecule has 0 saturated heterocycles. The van der Waals surface area contributed by atoms with Gasteiger partial charge in [0.15, 0.2) is 0 Å². The van der Waals surface area contributed by atoms with Gasteiger partial charge in [-0.05, 0) is 56.3 Å². The minimum atomic E-state index is 0.928. The van der Waals surface area contributed by atoms with Crippen LogP contribution in [0.4, 0.5) is 0 Å². The molecule has 0 aliphatic carbocycles. The fourth-order valence-electron chi connectivity index (χ4n) is 3.99. The molecule has 0 saturated carbocycles. The second kappa shape index (κ2) is 6.74. The van der Waals surface area contributed by atoms with Gasteiger partial charge in [-0.1, -0.05) is 103 Å². The predicted molar refractivity (Wildman–Crippen MR) is 115 cm³/mol. The molecule has 0 aliphatic heterocycles. The van der Waals surface area contributed by atoms with E-state index in [1.165, 1.54) is 43.8 Å². The van der Waals surface area contributed by atoms with Crippen molar-refractivity contribution in [2.75, 3.05) is 0 Å². The molecule has 0 unspecified atom stereocenters. The lowest BCUT2D eigenvalue weighted by atomic mass is 9.88. The molecule has 0 amide bonds. The highest BCUT2D eigenvalue weighted by Gasteiger charge is 2.12. The lowest BCUT2D eigenvalue weighted by Gasteiger charge is -2.15. The minimum Gasteiger partial charge on any atom is -0.0622 e. The summed E-state index contributed by atoms with van der Waals surface area (Å²) in [5.41, 5.74) is 5.27. The summed E-state index contributed by atoms with van der Waals surface area (Å²) in [4.78, 5) is 0. The highest BCUT2D eigenvalue weighted by Crippen LogP contribution is 2.36. The minimum absolute atomic E-state index is 0.928. The van der Waals surface area contributed by atoms with E-state index in [0.717, 1.165) is 6.42 Å². The summed E-state index contributed by atoms with van der Waals surface area (Å²) in [5.74, 6) is 0. The summed E-state index contributed by atoms with van der Waals surface area (Å²) in [6, 6.07) is 39.9. The number of fused-ring (bicyclic) bond motifs is 3. The molecule has 0 heteroatoms.